The van der Waals surface area contributed by atoms with E-state index in [0.29, 0.717) is 10.7 Å². The third kappa shape index (κ3) is 4.02. The molecule has 1 aliphatic rings. The largest absolute Gasteiger partial charge is 0.378 e. The average molecular weight is 395 g/mol. The molecule has 1 amide bonds. The van der Waals surface area contributed by atoms with Gasteiger partial charge in [-0.2, -0.15) is 0 Å². The molecule has 3 N–H and O–H groups in total. The van der Waals surface area contributed by atoms with Gasteiger partial charge in [0.25, 0.3) is 5.91 Å². The van der Waals surface area contributed by atoms with Crippen LogP contribution in [-0.2, 0) is 4.79 Å². The number of nitrogens with one attached hydrogen (secondary N) is 3. The normalized spacial score (nSPS) is 16.3. The summed E-state index contributed by atoms with van der Waals surface area (Å²) in [5, 5.41) is 9.91. The summed E-state index contributed by atoms with van der Waals surface area (Å²) < 4.78 is 0. The van der Waals surface area contributed by atoms with E-state index >= 15 is 0 Å². The van der Waals surface area contributed by atoms with Crippen LogP contribution < -0.4 is 20.9 Å². The molecule has 1 atom stereocenters. The van der Waals surface area contributed by atoms with Gasteiger partial charge in [0.1, 0.15) is 0 Å². The minimum absolute atomic E-state index is 0.143. The number of hydrogen-bond acceptors (Lipinski definition) is 3. The molecule has 0 fully saturated rings. The van der Waals surface area contributed by atoms with E-state index in [-0.39, 0.29) is 11.9 Å². The van der Waals surface area contributed by atoms with E-state index in [4.69, 9.17) is 12.2 Å². The average Bonchev–Trinajstić information content (AvgIpc) is 2.64. The van der Waals surface area contributed by atoms with Gasteiger partial charge >= 0.3 is 0 Å². The molecule has 0 bridgehead atoms. The summed E-state index contributed by atoms with van der Waals surface area (Å²) in [6.07, 6.45) is 0. The fourth-order valence-corrected chi connectivity index (χ4v) is 3.56. The number of nitrogens with zero attached hydrogens (tertiary/aromatic N) is 1. The highest BCUT2D eigenvalue weighted by atomic mass is 32.1. The lowest BCUT2D eigenvalue weighted by atomic mass is 9.94. The maximum absolute atomic E-state index is 13.2. The number of amides is 1. The molecule has 0 unspecified atom stereocenters. The van der Waals surface area contributed by atoms with E-state index in [2.05, 4.69) is 16.0 Å². The van der Waals surface area contributed by atoms with Gasteiger partial charge in [0.15, 0.2) is 5.11 Å². The molecule has 6 heteroatoms. The lowest BCUT2D eigenvalue weighted by molar-refractivity contribution is -0.113. The van der Waals surface area contributed by atoms with Crippen LogP contribution in [0, 0.1) is 13.8 Å². The molecule has 146 valence electrons. The molecule has 5 nitrogen and oxygen atoms in total. The fourth-order valence-electron chi connectivity index (χ4n) is 3.29. The van der Waals surface area contributed by atoms with Crippen LogP contribution in [0.25, 0.3) is 0 Å². The number of thiocarbonyl (C=S) groups is 1. The quantitative estimate of drug-likeness (QED) is 0.689. The fraction of sp³-hybridized carbons (Fsp3) is 0.273. The van der Waals surface area contributed by atoms with Crippen LogP contribution in [0.1, 0.15) is 29.7 Å². The Morgan fingerprint density at radius 1 is 1.07 bits per heavy atom. The first-order chi connectivity index (χ1) is 13.3. The summed E-state index contributed by atoms with van der Waals surface area (Å²) in [5.41, 5.74) is 6.50. The minimum atomic E-state index is -0.310. The van der Waals surface area contributed by atoms with Crippen molar-refractivity contribution in [1.82, 2.24) is 10.6 Å². The predicted octanol–water partition coefficient (Wildman–Crippen LogP) is 3.80. The van der Waals surface area contributed by atoms with Gasteiger partial charge in [-0.05, 0) is 67.9 Å². The van der Waals surface area contributed by atoms with Crippen LogP contribution in [0.15, 0.2) is 53.7 Å². The molecule has 28 heavy (non-hydrogen) atoms. The van der Waals surface area contributed by atoms with Gasteiger partial charge < -0.3 is 20.9 Å². The minimum Gasteiger partial charge on any atom is -0.378 e. The second-order valence-corrected chi connectivity index (χ2v) is 7.67. The Labute approximate surface area is 171 Å². The first-order valence-electron chi connectivity index (χ1n) is 9.21. The number of benzene rings is 2. The Bertz CT molecular complexity index is 948. The van der Waals surface area contributed by atoms with E-state index in [1.54, 1.807) is 0 Å². The Morgan fingerprint density at radius 3 is 2.39 bits per heavy atom. The van der Waals surface area contributed by atoms with Crippen molar-refractivity contribution < 1.29 is 4.79 Å². The number of carbonyl (C=O) groups is 1. The van der Waals surface area contributed by atoms with Crippen LogP contribution in [0.3, 0.4) is 0 Å². The summed E-state index contributed by atoms with van der Waals surface area (Å²) in [6, 6.07) is 13.7. The second kappa shape index (κ2) is 8.02. The Balaban J connectivity index is 1.95. The number of hydrogen-bond donors (Lipinski definition) is 3. The molecule has 0 spiro atoms. The highest BCUT2D eigenvalue weighted by molar-refractivity contribution is 7.80. The zero-order chi connectivity index (χ0) is 20.4. The summed E-state index contributed by atoms with van der Waals surface area (Å²) in [6.45, 7) is 5.93. The summed E-state index contributed by atoms with van der Waals surface area (Å²) >= 11 is 5.34. The van der Waals surface area contributed by atoms with Crippen molar-refractivity contribution in [3.05, 3.63) is 70.4 Å². The first-order valence-corrected chi connectivity index (χ1v) is 9.62. The van der Waals surface area contributed by atoms with Crippen molar-refractivity contribution in [3.63, 3.8) is 0 Å². The van der Waals surface area contributed by atoms with E-state index in [0.717, 1.165) is 33.8 Å². The zero-order valence-electron chi connectivity index (χ0n) is 16.9. The number of carbonyl (C=O) groups excluding carboxylic acids is 1. The standard InChI is InChI=1S/C22H26N4OS/c1-13-7-6-8-18(14(13)2)24-21(27)19-15(3)23-22(28)25-20(19)16-9-11-17(12-10-16)26(4)5/h6-12,20H,1-5H3,(H,24,27)(H2,23,25,28)/t20-/m1/s1. The predicted molar refractivity (Wildman–Crippen MR) is 120 cm³/mol. The Morgan fingerprint density at radius 2 is 1.75 bits per heavy atom. The van der Waals surface area contributed by atoms with Crippen LogP contribution >= 0.6 is 12.2 Å². The van der Waals surface area contributed by atoms with E-state index in [9.17, 15) is 4.79 Å². The lowest BCUT2D eigenvalue weighted by Gasteiger charge is -2.30. The maximum Gasteiger partial charge on any atom is 0.255 e. The number of rotatable bonds is 4. The molecule has 0 saturated heterocycles. The smallest absolute Gasteiger partial charge is 0.255 e. The third-order valence-corrected chi connectivity index (χ3v) is 5.33. The molecule has 1 heterocycles. The summed E-state index contributed by atoms with van der Waals surface area (Å²) in [7, 11) is 4.00. The van der Waals surface area contributed by atoms with Crippen molar-refractivity contribution >= 4 is 34.6 Å². The Kier molecular flexibility index (Phi) is 5.70. The molecular weight excluding hydrogens is 368 g/mol. The number of aryl methyl sites for hydroxylation is 1. The third-order valence-electron chi connectivity index (χ3n) is 5.11. The molecule has 2 aromatic rings. The SMILES string of the molecule is CC1=C(C(=O)Nc2cccc(C)c2C)[C@@H](c2ccc(N(C)C)cc2)NC(=S)N1. The lowest BCUT2D eigenvalue weighted by Crippen LogP contribution is -2.45. The second-order valence-electron chi connectivity index (χ2n) is 7.26. The van der Waals surface area contributed by atoms with Gasteiger partial charge in [0, 0.05) is 31.2 Å². The highest BCUT2D eigenvalue weighted by Gasteiger charge is 2.30. The summed E-state index contributed by atoms with van der Waals surface area (Å²) in [5.74, 6) is -0.143. The molecule has 1 aliphatic heterocycles. The van der Waals surface area contributed by atoms with Gasteiger partial charge in [0.2, 0.25) is 0 Å². The Hall–Kier alpha value is -2.86. The molecule has 0 saturated carbocycles. The van der Waals surface area contributed by atoms with Crippen molar-refractivity contribution in [2.75, 3.05) is 24.3 Å². The van der Waals surface area contributed by atoms with E-state index in [1.165, 1.54) is 0 Å². The zero-order valence-corrected chi connectivity index (χ0v) is 17.7. The van der Waals surface area contributed by atoms with Gasteiger partial charge in [-0.1, -0.05) is 24.3 Å². The van der Waals surface area contributed by atoms with E-state index < -0.39 is 0 Å². The number of anilines is 2. The van der Waals surface area contributed by atoms with E-state index in [1.807, 2.05) is 82.2 Å². The van der Waals surface area contributed by atoms with Crippen LogP contribution in [0.5, 0.6) is 0 Å². The molecule has 0 radical (unpaired) electrons. The molecular formula is C22H26N4OS. The topological polar surface area (TPSA) is 56.4 Å². The highest BCUT2D eigenvalue weighted by Crippen LogP contribution is 2.29. The maximum atomic E-state index is 13.2. The first kappa shape index (κ1) is 19.9. The van der Waals surface area contributed by atoms with Crippen molar-refractivity contribution in [1.29, 1.82) is 0 Å². The van der Waals surface area contributed by atoms with Gasteiger partial charge in [-0.3, -0.25) is 4.79 Å². The van der Waals surface area contributed by atoms with Crippen molar-refractivity contribution in [3.8, 4) is 0 Å². The van der Waals surface area contributed by atoms with Gasteiger partial charge in [-0.25, -0.2) is 0 Å². The van der Waals surface area contributed by atoms with Gasteiger partial charge in [0.05, 0.1) is 11.6 Å². The molecule has 2 aromatic carbocycles. The summed E-state index contributed by atoms with van der Waals surface area (Å²) in [4.78, 5) is 15.2. The molecule has 3 rings (SSSR count). The van der Waals surface area contributed by atoms with Crippen LogP contribution in [0.2, 0.25) is 0 Å². The molecule has 0 aromatic heterocycles. The van der Waals surface area contributed by atoms with Crippen LogP contribution in [0.4, 0.5) is 11.4 Å². The monoisotopic (exact) mass is 394 g/mol. The van der Waals surface area contributed by atoms with Gasteiger partial charge in [-0.15, -0.1) is 0 Å². The van der Waals surface area contributed by atoms with Crippen molar-refractivity contribution in [2.24, 2.45) is 0 Å². The van der Waals surface area contributed by atoms with Crippen molar-refractivity contribution in [2.45, 2.75) is 26.8 Å². The van der Waals surface area contributed by atoms with Crippen LogP contribution in [-0.4, -0.2) is 25.1 Å². The molecule has 0 aliphatic carbocycles. The number of allylic oxidation sites excluding steroid dienone is 1.